The van der Waals surface area contributed by atoms with Crippen LogP contribution in [0.4, 0.5) is 92.3 Å². The summed E-state index contributed by atoms with van der Waals surface area (Å²) in [6.07, 6.45) is 6.60. The molecule has 0 atom stereocenters. The lowest BCUT2D eigenvalue weighted by atomic mass is 10.2. The van der Waals surface area contributed by atoms with Crippen LogP contribution in [0.15, 0.2) is 181 Å². The molecule has 15 N–H and O–H groups in total. The number of anilines is 6. The third-order valence-electron chi connectivity index (χ3n) is 13.9. The average molecular weight is 1900 g/mol. The molecule has 0 fully saturated rings. The van der Waals surface area contributed by atoms with E-state index >= 15 is 0 Å². The first-order chi connectivity index (χ1) is 59.3. The number of aliphatic carboxylic acids is 1. The number of ether oxygens (including phenoxy) is 1. The van der Waals surface area contributed by atoms with Gasteiger partial charge in [0.2, 0.25) is 26.7 Å². The van der Waals surface area contributed by atoms with E-state index < -0.39 is 104 Å². The Morgan fingerprint density at radius 3 is 1.25 bits per heavy atom. The predicted molar refractivity (Wildman–Crippen MR) is 458 cm³/mol. The number of nitrogens with zero attached hydrogens (tertiary/aromatic N) is 12. The maximum absolute atomic E-state index is 13.6. The molecule has 666 valence electrons. The Labute approximate surface area is 732 Å². The highest BCUT2D eigenvalue weighted by molar-refractivity contribution is 8.26. The summed E-state index contributed by atoms with van der Waals surface area (Å²) in [6.45, 7) is 4.53. The van der Waals surface area contributed by atoms with E-state index in [-0.39, 0.29) is 100 Å². The van der Waals surface area contributed by atoms with E-state index in [1.54, 1.807) is 13.8 Å². The SMILES string of the molecule is CC(=O)O.CC(C)O.CO.COc1cc2ncnc(Nc3ccc(F)c(Cl)c3)c2cc1[N+](=O)[O-].N=CN.Nc1cc(F)ccc1C(=O)O.Nc1ccc(F)c(Cl)c1.O=S(Cl)Cl.O=[N+]([O-])c1cc2c(Cl)ncnc2cc1F.O=[N+]([O-])c1cc2c(Nc3ccc(F)c(Cl)c3)ncnc2cc1F.O=c1[nH]cnc2cc(F)c([N+](=O)[O-])cc12.O=c1[nH]cnc2cc(F)ccc12.[HH]. The van der Waals surface area contributed by atoms with Crippen LogP contribution < -0.4 is 43.7 Å². The Hall–Kier alpha value is -14.5. The van der Waals surface area contributed by atoms with Gasteiger partial charge in [-0.2, -0.15) is 13.2 Å². The van der Waals surface area contributed by atoms with Gasteiger partial charge in [0.15, 0.2) is 5.75 Å². The second-order valence-electron chi connectivity index (χ2n) is 22.9. The van der Waals surface area contributed by atoms with Gasteiger partial charge in [-0.25, -0.2) is 70.8 Å². The molecule has 14 aromatic rings. The average Bonchev–Trinajstić information content (AvgIpc) is 0.791. The van der Waals surface area contributed by atoms with Crippen molar-refractivity contribution in [2.75, 3.05) is 36.3 Å². The van der Waals surface area contributed by atoms with Gasteiger partial charge in [-0.3, -0.25) is 60.3 Å². The van der Waals surface area contributed by atoms with Crippen molar-refractivity contribution in [3.63, 3.8) is 0 Å². The Bertz CT molecular complexity index is 6390. The van der Waals surface area contributed by atoms with Gasteiger partial charge >= 0.3 is 28.7 Å². The number of benzene rings is 9. The smallest absolute Gasteiger partial charge is 0.337 e. The number of carbonyl (C=O) groups is 2. The molecule has 0 saturated carbocycles. The minimum Gasteiger partial charge on any atom is -0.490 e. The van der Waals surface area contributed by atoms with E-state index in [2.05, 4.69) is 87.6 Å². The zero-order valence-electron chi connectivity index (χ0n) is 64.1. The molecule has 5 aromatic heterocycles. The molecule has 0 unspecified atom stereocenters. The van der Waals surface area contributed by atoms with Crippen molar-refractivity contribution in [2.24, 2.45) is 5.73 Å². The number of halogens is 14. The topological polar surface area (TPSA) is 609 Å². The molecule has 0 spiro atoms. The van der Waals surface area contributed by atoms with Gasteiger partial charge in [-0.1, -0.05) is 46.4 Å². The Morgan fingerprint density at radius 2 is 0.857 bits per heavy atom. The third kappa shape index (κ3) is 34.1. The summed E-state index contributed by atoms with van der Waals surface area (Å²) in [6, 6.07) is 27.6. The number of aliphatic hydroxyl groups is 2. The number of aromatic amines is 2. The molecule has 0 amide bonds. The van der Waals surface area contributed by atoms with Crippen molar-refractivity contribution >= 4 is 207 Å². The number of aromatic carboxylic acids is 1. The number of hydrogen-bond acceptors (Lipinski definition) is 29. The number of nitrogens with one attached hydrogen (secondary N) is 5. The molecule has 0 aliphatic heterocycles. The van der Waals surface area contributed by atoms with E-state index in [0.717, 1.165) is 93.7 Å². The number of aliphatic hydroxyl groups excluding tert-OH is 2. The lowest BCUT2D eigenvalue weighted by Gasteiger charge is -2.10. The molecular formula is C73H62Cl6F8N20O18S. The first-order valence-corrected chi connectivity index (χ1v) is 37.6. The first-order valence-electron chi connectivity index (χ1n) is 33.3. The fraction of sp³-hybridized carbons (Fsp3) is 0.0822. The largest absolute Gasteiger partial charge is 0.490 e. The maximum Gasteiger partial charge on any atom is 0.337 e. The quantitative estimate of drug-likeness (QED) is 0.00884. The van der Waals surface area contributed by atoms with Crippen LogP contribution >= 0.6 is 67.8 Å². The minimum absolute atomic E-state index is 0. The van der Waals surface area contributed by atoms with Gasteiger partial charge in [0.25, 0.3) is 17.1 Å². The molecule has 0 radical (unpaired) electrons. The zero-order valence-corrected chi connectivity index (χ0v) is 69.5. The number of rotatable bonds is 10. The first kappa shape index (κ1) is 106. The zero-order chi connectivity index (χ0) is 95.1. The summed E-state index contributed by atoms with van der Waals surface area (Å²) >= 11 is 22.5. The number of hydrogen-bond donors (Lipinski definition) is 12. The summed E-state index contributed by atoms with van der Waals surface area (Å²) in [7, 11) is 9.70. The Morgan fingerprint density at radius 1 is 0.516 bits per heavy atom. The minimum atomic E-state index is -1.67. The highest BCUT2D eigenvalue weighted by atomic mass is 36.0. The van der Waals surface area contributed by atoms with E-state index in [0.29, 0.717) is 44.7 Å². The Balaban J connectivity index is 0.000000495. The molecular weight excluding hydrogens is 1840 g/mol. The number of nitro benzene ring substituents is 4. The van der Waals surface area contributed by atoms with Crippen molar-refractivity contribution in [1.82, 2.24) is 49.8 Å². The van der Waals surface area contributed by atoms with E-state index in [1.807, 2.05) is 0 Å². The van der Waals surface area contributed by atoms with Gasteiger partial charge in [-0.15, -0.1) is 0 Å². The summed E-state index contributed by atoms with van der Waals surface area (Å²) < 4.78 is 118. The number of H-pyrrole nitrogens is 2. The molecule has 38 nitrogen and oxygen atoms in total. The number of aromatic nitrogens is 10. The number of nitro groups is 4. The third-order valence-corrected chi connectivity index (χ3v) is 15.1. The molecule has 53 heteroatoms. The maximum atomic E-state index is 13.6. The van der Waals surface area contributed by atoms with Gasteiger partial charge in [0.05, 0.1) is 116 Å². The second kappa shape index (κ2) is 52.1. The van der Waals surface area contributed by atoms with Crippen molar-refractivity contribution in [1.29, 1.82) is 5.41 Å². The predicted octanol–water partition coefficient (Wildman–Crippen LogP) is 16.8. The van der Waals surface area contributed by atoms with Gasteiger partial charge < -0.3 is 63.0 Å². The lowest BCUT2D eigenvalue weighted by Crippen LogP contribution is -2.07. The van der Waals surface area contributed by atoms with Crippen LogP contribution in [0.25, 0.3) is 54.5 Å². The normalized spacial score (nSPS) is 9.90. The van der Waals surface area contributed by atoms with Crippen LogP contribution in [0.3, 0.4) is 0 Å². The number of nitrogens with two attached hydrogens (primary N) is 3. The molecule has 14 rings (SSSR count). The van der Waals surface area contributed by atoms with Crippen LogP contribution in [0.1, 0.15) is 32.6 Å². The molecule has 0 bridgehead atoms. The molecule has 0 aliphatic carbocycles. The number of methoxy groups -OCH3 is 1. The lowest BCUT2D eigenvalue weighted by molar-refractivity contribution is -0.387. The van der Waals surface area contributed by atoms with E-state index in [4.69, 9.17) is 97.4 Å². The van der Waals surface area contributed by atoms with Crippen molar-refractivity contribution < 1.29 is 95.2 Å². The summed E-state index contributed by atoms with van der Waals surface area (Å²) in [5.74, 6) is -6.78. The standard InChI is InChI=1S/C15H10ClFN4O3.C14H7ClF2N4O2.C8H3ClFN3O2.C8H4FN3O3.C8H5FN2O.C7H6FNO2.C6H5ClFN.C3H8O.C2H4O2.CH4N2.CH4O.Cl2OS.H2/c1-24-14-6-12-9(5-13(14)21(22)23)15(19-7-18-12)20-8-2-3-11(17)10(16)4-8;15-9-3-7(1-2-10(9)16)20-14-8-4-13(21(22)23)11(17)5-12(8)18-6-19-14;9-8-4-1-7(13(14)15)5(10)2-6(4)11-3-12-8;9-5-2-6-4(1-7(5)12(14)15)8(13)11-3-10-6;9-5-1-2-6-7(3-5)10-4-11-8(6)12;8-4-1-2-5(7(10)11)6(9)3-4;7-5-3-4(9)1-2-6(5)8;1-3(2)4;1-2(3)4;2-1-3;1-2;1-4(2)3;/h2-7H,1H3,(H,18,19,20);1-6H,(H,18,19,20);1-3H;1-3H,(H,10,11,13);1-4H,(H,10,11,12);1-3H,9H2,(H,10,11);1-3H,9H2;3-4H,1-2H3;1H3,(H,3,4);1H,(H3,2,3);2H,1H3;;1H. The molecule has 0 aliphatic rings. The van der Waals surface area contributed by atoms with Gasteiger partial charge in [0, 0.05) is 126 Å². The molecule has 9 aromatic carbocycles. The fourth-order valence-electron chi connectivity index (χ4n) is 8.88. The summed E-state index contributed by atoms with van der Waals surface area (Å²) in [5, 5.41) is 86.8. The van der Waals surface area contributed by atoms with E-state index in [9.17, 15) is 90.0 Å². The number of fused-ring (bicyclic) bond motifs is 5. The molecule has 5 heterocycles. The molecule has 126 heavy (non-hydrogen) atoms. The van der Waals surface area contributed by atoms with Crippen LogP contribution in [0.2, 0.25) is 20.2 Å². The van der Waals surface area contributed by atoms with E-state index in [1.165, 1.54) is 105 Å². The van der Waals surface area contributed by atoms with Crippen LogP contribution in [-0.4, -0.2) is 133 Å². The van der Waals surface area contributed by atoms with Gasteiger partial charge in [0.1, 0.15) is 64.9 Å². The summed E-state index contributed by atoms with van der Waals surface area (Å²) in [4.78, 5) is 117. The number of carboxylic acid groups (broad SMARTS) is 2. The van der Waals surface area contributed by atoms with Crippen LogP contribution in [0, 0.1) is 92.4 Å². The fourth-order valence-corrected chi connectivity index (χ4v) is 9.63. The van der Waals surface area contributed by atoms with Crippen molar-refractivity contribution in [3.05, 3.63) is 305 Å². The Kier molecular flexibility index (Phi) is 43.7. The molecule has 0 saturated heterocycles. The van der Waals surface area contributed by atoms with Crippen LogP contribution in [0.5, 0.6) is 5.75 Å². The number of carboxylic acids is 2. The number of nitrogen functional groups attached to an aromatic ring is 2. The van der Waals surface area contributed by atoms with Crippen molar-refractivity contribution in [2.45, 2.75) is 26.9 Å². The summed E-state index contributed by atoms with van der Waals surface area (Å²) in [5.41, 5.74) is 14.4. The highest BCUT2D eigenvalue weighted by Crippen LogP contribution is 2.36. The van der Waals surface area contributed by atoms with Crippen molar-refractivity contribution in [3.8, 4) is 5.75 Å². The van der Waals surface area contributed by atoms with Crippen LogP contribution in [-0.2, 0) is 14.0 Å². The van der Waals surface area contributed by atoms with Gasteiger partial charge in [-0.05, 0) is 98.8 Å². The monoisotopic (exact) mass is 1900 g/mol. The second-order valence-corrected chi connectivity index (χ2v) is 27.1. The highest BCUT2D eigenvalue weighted by Gasteiger charge is 2.23.